The average Bonchev–Trinajstić information content (AvgIpc) is 2.42. The molecule has 1 aromatic carbocycles. The molecule has 3 heteroatoms. The van der Waals surface area contributed by atoms with Crippen molar-refractivity contribution < 1.29 is 0 Å². The molecule has 2 aromatic rings. The number of benzene rings is 1. The highest BCUT2D eigenvalue weighted by atomic mass is 14.9. The largest absolute Gasteiger partial charge is 0.305 e. The van der Waals surface area contributed by atoms with Gasteiger partial charge in [0.1, 0.15) is 6.33 Å². The summed E-state index contributed by atoms with van der Waals surface area (Å²) in [7, 11) is 0. The molecule has 0 spiro atoms. The van der Waals surface area contributed by atoms with Crippen LogP contribution in [-0.2, 0) is 0 Å². The summed E-state index contributed by atoms with van der Waals surface area (Å²) in [5, 5.41) is 3.51. The van der Waals surface area contributed by atoms with Crippen molar-refractivity contribution >= 4 is 0 Å². The van der Waals surface area contributed by atoms with Gasteiger partial charge in [0, 0.05) is 6.20 Å². The number of nitrogens with zero attached hydrogens (tertiary/aromatic N) is 2. The third-order valence-electron chi connectivity index (χ3n) is 2.63. The summed E-state index contributed by atoms with van der Waals surface area (Å²) in [4.78, 5) is 8.30. The molecule has 0 bridgehead atoms. The molecule has 0 saturated carbocycles. The Kier molecular flexibility index (Phi) is 4.22. The summed E-state index contributed by atoms with van der Waals surface area (Å²) in [6.07, 6.45) is 4.49. The molecule has 0 amide bonds. The highest BCUT2D eigenvalue weighted by Crippen LogP contribution is 2.19. The molecule has 0 aliphatic rings. The number of rotatable bonds is 5. The van der Waals surface area contributed by atoms with Gasteiger partial charge in [0.2, 0.25) is 0 Å². The SMILES string of the molecule is CCCNC(c1ccccc1)c1ccncn1. The number of aromatic nitrogens is 2. The van der Waals surface area contributed by atoms with Crippen LogP contribution < -0.4 is 5.32 Å². The van der Waals surface area contributed by atoms with Crippen molar-refractivity contribution in [1.82, 2.24) is 15.3 Å². The van der Waals surface area contributed by atoms with Crippen LogP contribution in [0, 0.1) is 0 Å². The zero-order valence-corrected chi connectivity index (χ0v) is 10.0. The first kappa shape index (κ1) is 11.7. The van der Waals surface area contributed by atoms with E-state index in [0.29, 0.717) is 0 Å². The van der Waals surface area contributed by atoms with Crippen molar-refractivity contribution in [3.05, 3.63) is 60.2 Å². The van der Waals surface area contributed by atoms with E-state index in [2.05, 4.69) is 46.5 Å². The van der Waals surface area contributed by atoms with Crippen molar-refractivity contribution in [3.63, 3.8) is 0 Å². The molecule has 0 fully saturated rings. The lowest BCUT2D eigenvalue weighted by Gasteiger charge is -2.18. The third kappa shape index (κ3) is 3.11. The van der Waals surface area contributed by atoms with Crippen molar-refractivity contribution in [1.29, 1.82) is 0 Å². The lowest BCUT2D eigenvalue weighted by Crippen LogP contribution is -2.24. The van der Waals surface area contributed by atoms with Crippen molar-refractivity contribution in [3.8, 4) is 0 Å². The summed E-state index contributed by atoms with van der Waals surface area (Å²) in [5.41, 5.74) is 2.25. The predicted molar refractivity (Wildman–Crippen MR) is 68.6 cm³/mol. The normalized spacial score (nSPS) is 12.3. The molecule has 0 aliphatic carbocycles. The van der Waals surface area contributed by atoms with E-state index >= 15 is 0 Å². The van der Waals surface area contributed by atoms with Crippen LogP contribution in [-0.4, -0.2) is 16.5 Å². The van der Waals surface area contributed by atoms with Gasteiger partial charge in [0.25, 0.3) is 0 Å². The quantitative estimate of drug-likeness (QED) is 0.853. The van der Waals surface area contributed by atoms with Gasteiger partial charge in [-0.3, -0.25) is 0 Å². The second-order valence-electron chi connectivity index (χ2n) is 3.93. The van der Waals surface area contributed by atoms with Crippen molar-refractivity contribution in [2.45, 2.75) is 19.4 Å². The second kappa shape index (κ2) is 6.11. The first-order valence-corrected chi connectivity index (χ1v) is 5.96. The standard InChI is InChI=1S/C14H17N3/c1-2-9-16-14(12-6-4-3-5-7-12)13-8-10-15-11-17-13/h3-8,10-11,14,16H,2,9H2,1H3. The Morgan fingerprint density at radius 2 is 2.00 bits per heavy atom. The van der Waals surface area contributed by atoms with Gasteiger partial charge < -0.3 is 5.32 Å². The molecular weight excluding hydrogens is 210 g/mol. The number of hydrogen-bond acceptors (Lipinski definition) is 3. The summed E-state index contributed by atoms with van der Waals surface area (Å²) >= 11 is 0. The molecule has 2 rings (SSSR count). The van der Waals surface area contributed by atoms with Gasteiger partial charge in [-0.2, -0.15) is 0 Å². The summed E-state index contributed by atoms with van der Waals surface area (Å²) in [5.74, 6) is 0. The number of hydrogen-bond donors (Lipinski definition) is 1. The Labute approximate surface area is 102 Å². The minimum atomic E-state index is 0.152. The van der Waals surface area contributed by atoms with Crippen LogP contribution in [0.15, 0.2) is 48.9 Å². The van der Waals surface area contributed by atoms with E-state index in [1.54, 1.807) is 12.5 Å². The monoisotopic (exact) mass is 227 g/mol. The maximum absolute atomic E-state index is 4.33. The van der Waals surface area contributed by atoms with Crippen LogP contribution >= 0.6 is 0 Å². The minimum Gasteiger partial charge on any atom is -0.305 e. The van der Waals surface area contributed by atoms with Crippen molar-refractivity contribution in [2.24, 2.45) is 0 Å². The Hall–Kier alpha value is -1.74. The smallest absolute Gasteiger partial charge is 0.115 e. The highest BCUT2D eigenvalue weighted by Gasteiger charge is 2.13. The van der Waals surface area contributed by atoms with E-state index in [-0.39, 0.29) is 6.04 Å². The predicted octanol–water partition coefficient (Wildman–Crippen LogP) is 2.57. The van der Waals surface area contributed by atoms with E-state index in [1.807, 2.05) is 12.1 Å². The highest BCUT2D eigenvalue weighted by molar-refractivity contribution is 5.26. The van der Waals surface area contributed by atoms with E-state index in [9.17, 15) is 0 Å². The van der Waals surface area contributed by atoms with Crippen LogP contribution in [0.5, 0.6) is 0 Å². The molecular formula is C14H17N3. The number of nitrogens with one attached hydrogen (secondary N) is 1. The van der Waals surface area contributed by atoms with E-state index in [0.717, 1.165) is 18.7 Å². The lowest BCUT2D eigenvalue weighted by molar-refractivity contribution is 0.585. The fraction of sp³-hybridized carbons (Fsp3) is 0.286. The fourth-order valence-corrected chi connectivity index (χ4v) is 1.80. The van der Waals surface area contributed by atoms with Gasteiger partial charge in [-0.15, -0.1) is 0 Å². The molecule has 88 valence electrons. The van der Waals surface area contributed by atoms with Crippen molar-refractivity contribution in [2.75, 3.05) is 6.54 Å². The molecule has 0 saturated heterocycles. The van der Waals surface area contributed by atoms with Crippen LogP contribution in [0.25, 0.3) is 0 Å². The fourth-order valence-electron chi connectivity index (χ4n) is 1.80. The van der Waals surface area contributed by atoms with E-state index in [1.165, 1.54) is 5.56 Å². The van der Waals surface area contributed by atoms with E-state index in [4.69, 9.17) is 0 Å². The van der Waals surface area contributed by atoms with Crippen LogP contribution in [0.3, 0.4) is 0 Å². The molecule has 0 aliphatic heterocycles. The molecule has 1 heterocycles. The Balaban J connectivity index is 2.26. The summed E-state index contributed by atoms with van der Waals surface area (Å²) < 4.78 is 0. The zero-order chi connectivity index (χ0) is 11.9. The first-order chi connectivity index (χ1) is 8.42. The Bertz CT molecular complexity index is 388. The zero-order valence-electron chi connectivity index (χ0n) is 10.0. The van der Waals surface area contributed by atoms with Gasteiger partial charge in [-0.25, -0.2) is 9.97 Å². The maximum atomic E-state index is 4.33. The molecule has 17 heavy (non-hydrogen) atoms. The topological polar surface area (TPSA) is 37.8 Å². The van der Waals surface area contributed by atoms with Crippen LogP contribution in [0.1, 0.15) is 30.6 Å². The van der Waals surface area contributed by atoms with Gasteiger partial charge in [-0.1, -0.05) is 37.3 Å². The van der Waals surface area contributed by atoms with Crippen LogP contribution in [0.4, 0.5) is 0 Å². The minimum absolute atomic E-state index is 0.152. The van der Waals surface area contributed by atoms with E-state index < -0.39 is 0 Å². The third-order valence-corrected chi connectivity index (χ3v) is 2.63. The average molecular weight is 227 g/mol. The molecule has 0 radical (unpaired) electrons. The van der Waals surface area contributed by atoms with Crippen LogP contribution in [0.2, 0.25) is 0 Å². The summed E-state index contributed by atoms with van der Waals surface area (Å²) in [6.45, 7) is 3.14. The molecule has 1 aromatic heterocycles. The van der Waals surface area contributed by atoms with Gasteiger partial charge in [-0.05, 0) is 24.6 Å². The first-order valence-electron chi connectivity index (χ1n) is 5.96. The molecule has 1 atom stereocenters. The Morgan fingerprint density at radius 3 is 2.65 bits per heavy atom. The Morgan fingerprint density at radius 1 is 1.18 bits per heavy atom. The van der Waals surface area contributed by atoms with Gasteiger partial charge in [0.05, 0.1) is 11.7 Å². The second-order valence-corrected chi connectivity index (χ2v) is 3.93. The molecule has 1 unspecified atom stereocenters. The molecule has 1 N–H and O–H groups in total. The van der Waals surface area contributed by atoms with Gasteiger partial charge >= 0.3 is 0 Å². The molecule has 3 nitrogen and oxygen atoms in total. The lowest BCUT2D eigenvalue weighted by atomic mass is 10.0. The maximum Gasteiger partial charge on any atom is 0.115 e. The van der Waals surface area contributed by atoms with Gasteiger partial charge in [0.15, 0.2) is 0 Å². The summed E-state index contributed by atoms with van der Waals surface area (Å²) in [6, 6.07) is 12.5.